The lowest BCUT2D eigenvalue weighted by Crippen LogP contribution is -2.32. The highest BCUT2D eigenvalue weighted by molar-refractivity contribution is 5.98. The van der Waals surface area contributed by atoms with Crippen molar-refractivity contribution in [3.8, 4) is 5.75 Å². The summed E-state index contributed by atoms with van der Waals surface area (Å²) in [6, 6.07) is 4.89. The quantitative estimate of drug-likeness (QED) is 0.546. The van der Waals surface area contributed by atoms with Crippen LogP contribution in [0, 0.1) is 5.92 Å². The zero-order chi connectivity index (χ0) is 14.4. The van der Waals surface area contributed by atoms with Gasteiger partial charge in [-0.15, -0.1) is 0 Å². The molecule has 1 rings (SSSR count). The largest absolute Gasteiger partial charge is 0.505 e. The van der Waals surface area contributed by atoms with Crippen molar-refractivity contribution in [3.63, 3.8) is 0 Å². The van der Waals surface area contributed by atoms with Crippen molar-refractivity contribution in [3.05, 3.63) is 23.8 Å². The number of anilines is 1. The Morgan fingerprint density at radius 1 is 1.32 bits per heavy atom. The van der Waals surface area contributed by atoms with Gasteiger partial charge in [0.25, 0.3) is 5.91 Å². The van der Waals surface area contributed by atoms with Crippen molar-refractivity contribution >= 4 is 11.6 Å². The average Bonchev–Trinajstić information content (AvgIpc) is 2.31. The molecular formula is C15H24N2O2. The van der Waals surface area contributed by atoms with E-state index in [1.807, 2.05) is 6.92 Å². The molecule has 0 aliphatic heterocycles. The van der Waals surface area contributed by atoms with E-state index in [0.717, 1.165) is 19.3 Å². The van der Waals surface area contributed by atoms with E-state index in [-0.39, 0.29) is 28.9 Å². The van der Waals surface area contributed by atoms with Gasteiger partial charge in [0, 0.05) is 6.04 Å². The van der Waals surface area contributed by atoms with Gasteiger partial charge in [0.05, 0.1) is 11.3 Å². The number of rotatable bonds is 6. The Balaban J connectivity index is 2.52. The first-order chi connectivity index (χ1) is 8.91. The molecule has 0 fully saturated rings. The molecule has 1 aromatic carbocycles. The topological polar surface area (TPSA) is 75.4 Å². The van der Waals surface area contributed by atoms with E-state index in [9.17, 15) is 9.90 Å². The number of aromatic hydroxyl groups is 1. The van der Waals surface area contributed by atoms with Gasteiger partial charge in [-0.1, -0.05) is 32.8 Å². The lowest BCUT2D eigenvalue weighted by atomic mass is 10.0. The fraction of sp³-hybridized carbons (Fsp3) is 0.533. The SMILES string of the molecule is CC(C)CCCC(C)NC(=O)c1cccc(N)c1O. The van der Waals surface area contributed by atoms with Crippen LogP contribution >= 0.6 is 0 Å². The molecule has 1 amide bonds. The van der Waals surface area contributed by atoms with Crippen molar-refractivity contribution in [2.24, 2.45) is 5.92 Å². The molecule has 1 atom stereocenters. The monoisotopic (exact) mass is 264 g/mol. The highest BCUT2D eigenvalue weighted by atomic mass is 16.3. The number of benzene rings is 1. The van der Waals surface area contributed by atoms with Gasteiger partial charge in [-0.05, 0) is 31.4 Å². The standard InChI is InChI=1S/C15H24N2O2/c1-10(2)6-4-7-11(3)17-15(19)12-8-5-9-13(16)14(12)18/h5,8-11,18H,4,6-7,16H2,1-3H3,(H,17,19). The molecule has 0 saturated heterocycles. The Labute approximate surface area is 115 Å². The molecule has 0 saturated carbocycles. The van der Waals surface area contributed by atoms with Gasteiger partial charge in [0.2, 0.25) is 0 Å². The van der Waals surface area contributed by atoms with Crippen molar-refractivity contribution in [2.75, 3.05) is 5.73 Å². The Morgan fingerprint density at radius 3 is 2.63 bits per heavy atom. The van der Waals surface area contributed by atoms with Crippen LogP contribution in [0.5, 0.6) is 5.75 Å². The van der Waals surface area contributed by atoms with Crippen LogP contribution in [0.15, 0.2) is 18.2 Å². The Kier molecular flexibility index (Phi) is 5.67. The average molecular weight is 264 g/mol. The van der Waals surface area contributed by atoms with Crippen molar-refractivity contribution < 1.29 is 9.90 Å². The highest BCUT2D eigenvalue weighted by Gasteiger charge is 2.14. The third-order valence-electron chi connectivity index (χ3n) is 3.11. The molecular weight excluding hydrogens is 240 g/mol. The number of nitrogens with two attached hydrogens (primary N) is 1. The number of phenols is 1. The first-order valence-electron chi connectivity index (χ1n) is 6.80. The summed E-state index contributed by atoms with van der Waals surface area (Å²) in [5.74, 6) is 0.261. The predicted molar refractivity (Wildman–Crippen MR) is 78.1 cm³/mol. The normalized spacial score (nSPS) is 12.4. The maximum Gasteiger partial charge on any atom is 0.255 e. The first-order valence-corrected chi connectivity index (χ1v) is 6.80. The summed E-state index contributed by atoms with van der Waals surface area (Å²) in [5, 5.41) is 12.6. The zero-order valence-electron chi connectivity index (χ0n) is 11.9. The van der Waals surface area contributed by atoms with E-state index in [4.69, 9.17) is 5.73 Å². The van der Waals surface area contributed by atoms with E-state index in [0.29, 0.717) is 5.92 Å². The molecule has 0 radical (unpaired) electrons. The second-order valence-electron chi connectivity index (χ2n) is 5.44. The molecule has 1 unspecified atom stereocenters. The van der Waals surface area contributed by atoms with E-state index in [1.165, 1.54) is 0 Å². The summed E-state index contributed by atoms with van der Waals surface area (Å²) in [6.45, 7) is 6.35. The summed E-state index contributed by atoms with van der Waals surface area (Å²) >= 11 is 0. The Hall–Kier alpha value is -1.71. The number of nitrogen functional groups attached to an aromatic ring is 1. The van der Waals surface area contributed by atoms with E-state index in [2.05, 4.69) is 19.2 Å². The number of carbonyl (C=O) groups is 1. The minimum absolute atomic E-state index is 0.0899. The number of carbonyl (C=O) groups excluding carboxylic acids is 1. The van der Waals surface area contributed by atoms with Gasteiger partial charge in [0.15, 0.2) is 5.75 Å². The lowest BCUT2D eigenvalue weighted by molar-refractivity contribution is 0.0935. The molecule has 0 bridgehead atoms. The van der Waals surface area contributed by atoms with Crippen LogP contribution in [0.4, 0.5) is 5.69 Å². The van der Waals surface area contributed by atoms with Crippen LogP contribution < -0.4 is 11.1 Å². The van der Waals surface area contributed by atoms with Crippen LogP contribution in [0.1, 0.15) is 50.4 Å². The molecule has 4 nitrogen and oxygen atoms in total. The minimum Gasteiger partial charge on any atom is -0.505 e. The van der Waals surface area contributed by atoms with E-state index >= 15 is 0 Å². The molecule has 0 heterocycles. The van der Waals surface area contributed by atoms with Gasteiger partial charge in [-0.25, -0.2) is 0 Å². The summed E-state index contributed by atoms with van der Waals surface area (Å²) in [6.07, 6.45) is 3.18. The van der Waals surface area contributed by atoms with Crippen LogP contribution in [0.25, 0.3) is 0 Å². The van der Waals surface area contributed by atoms with Gasteiger partial charge < -0.3 is 16.2 Å². The van der Waals surface area contributed by atoms with Gasteiger partial charge in [0.1, 0.15) is 0 Å². The lowest BCUT2D eigenvalue weighted by Gasteiger charge is -2.15. The number of hydrogen-bond donors (Lipinski definition) is 3. The maximum atomic E-state index is 12.0. The first kappa shape index (κ1) is 15.3. The van der Waals surface area contributed by atoms with Crippen molar-refractivity contribution in [1.29, 1.82) is 0 Å². The summed E-state index contributed by atoms with van der Waals surface area (Å²) in [4.78, 5) is 12.0. The maximum absolute atomic E-state index is 12.0. The number of para-hydroxylation sites is 1. The van der Waals surface area contributed by atoms with Crippen molar-refractivity contribution in [1.82, 2.24) is 5.32 Å². The third-order valence-corrected chi connectivity index (χ3v) is 3.11. The highest BCUT2D eigenvalue weighted by Crippen LogP contribution is 2.24. The summed E-state index contributed by atoms with van der Waals surface area (Å²) in [7, 11) is 0. The molecule has 0 spiro atoms. The van der Waals surface area contributed by atoms with Crippen LogP contribution in [-0.2, 0) is 0 Å². The zero-order valence-corrected chi connectivity index (χ0v) is 11.9. The smallest absolute Gasteiger partial charge is 0.255 e. The van der Waals surface area contributed by atoms with Crippen LogP contribution in [0.3, 0.4) is 0 Å². The fourth-order valence-electron chi connectivity index (χ4n) is 1.95. The number of nitrogens with one attached hydrogen (secondary N) is 1. The Bertz CT molecular complexity index is 430. The molecule has 0 aliphatic carbocycles. The second kappa shape index (κ2) is 7.02. The van der Waals surface area contributed by atoms with Crippen molar-refractivity contribution in [2.45, 2.75) is 46.1 Å². The van der Waals surface area contributed by atoms with Crippen LogP contribution in [-0.4, -0.2) is 17.1 Å². The van der Waals surface area contributed by atoms with E-state index < -0.39 is 0 Å². The molecule has 4 heteroatoms. The molecule has 0 aliphatic rings. The van der Waals surface area contributed by atoms with Crippen LogP contribution in [0.2, 0.25) is 0 Å². The van der Waals surface area contributed by atoms with E-state index in [1.54, 1.807) is 18.2 Å². The molecule has 4 N–H and O–H groups in total. The summed E-state index contributed by atoms with van der Waals surface area (Å²) < 4.78 is 0. The summed E-state index contributed by atoms with van der Waals surface area (Å²) in [5.41, 5.74) is 6.03. The molecule has 19 heavy (non-hydrogen) atoms. The molecule has 1 aromatic rings. The van der Waals surface area contributed by atoms with Gasteiger partial charge in [-0.3, -0.25) is 4.79 Å². The minimum atomic E-state index is -0.276. The van der Waals surface area contributed by atoms with Gasteiger partial charge >= 0.3 is 0 Å². The number of phenolic OH excluding ortho intramolecular Hbond substituents is 1. The molecule has 0 aromatic heterocycles. The fourth-order valence-corrected chi connectivity index (χ4v) is 1.95. The number of amides is 1. The number of hydrogen-bond acceptors (Lipinski definition) is 3. The van der Waals surface area contributed by atoms with Gasteiger partial charge in [-0.2, -0.15) is 0 Å². The second-order valence-corrected chi connectivity index (χ2v) is 5.44. The Morgan fingerprint density at radius 2 is 2.00 bits per heavy atom. The predicted octanol–water partition coefficient (Wildman–Crippen LogP) is 2.92. The molecule has 106 valence electrons. The third kappa shape index (κ3) is 4.81.